The van der Waals surface area contributed by atoms with Crippen LogP contribution < -0.4 is 0 Å². The fourth-order valence-electron chi connectivity index (χ4n) is 2.32. The van der Waals surface area contributed by atoms with Gasteiger partial charge in [-0.3, -0.25) is 0 Å². The lowest BCUT2D eigenvalue weighted by atomic mass is 10.0. The summed E-state index contributed by atoms with van der Waals surface area (Å²) in [5, 5.41) is 19.1. The third-order valence-electron chi connectivity index (χ3n) is 3.58. The van der Waals surface area contributed by atoms with Gasteiger partial charge < -0.3 is 4.42 Å². The van der Waals surface area contributed by atoms with E-state index in [0.29, 0.717) is 43.8 Å². The Balaban J connectivity index is 1.95. The van der Waals surface area contributed by atoms with Gasteiger partial charge in [-0.25, -0.2) is 0 Å². The number of hydrogen-bond acceptors (Lipinski definition) is 3. The second-order valence-corrected chi connectivity index (χ2v) is 5.95. The molecule has 0 amide bonds. The third-order valence-corrected chi connectivity index (χ3v) is 4.39. The normalized spacial score (nSPS) is 11.0. The first-order valence-corrected chi connectivity index (χ1v) is 8.04. The molecule has 25 heavy (non-hydrogen) atoms. The highest BCUT2D eigenvalue weighted by Crippen LogP contribution is 2.34. The molecule has 0 aliphatic carbocycles. The van der Waals surface area contributed by atoms with E-state index in [2.05, 4.69) is 6.07 Å². The standard InChI is InChI=1S/C20H10Cl2N2O/c21-18-3-1-2-17(20(18)22)19-9-8-16(25-19)10-15(12-24)14-6-4-13(11-23)5-7-14/h1-10H. The van der Waals surface area contributed by atoms with Crippen LogP contribution >= 0.6 is 23.2 Å². The van der Waals surface area contributed by atoms with E-state index < -0.39 is 0 Å². The zero-order chi connectivity index (χ0) is 17.8. The van der Waals surface area contributed by atoms with Crippen molar-refractivity contribution < 1.29 is 4.42 Å². The predicted octanol–water partition coefficient (Wildman–Crippen LogP) is 6.19. The zero-order valence-corrected chi connectivity index (χ0v) is 14.3. The van der Waals surface area contributed by atoms with Crippen LogP contribution in [-0.2, 0) is 0 Å². The third kappa shape index (κ3) is 3.59. The highest BCUT2D eigenvalue weighted by atomic mass is 35.5. The van der Waals surface area contributed by atoms with Crippen LogP contribution in [0.25, 0.3) is 23.0 Å². The van der Waals surface area contributed by atoms with Crippen LogP contribution in [0.5, 0.6) is 0 Å². The number of halogens is 2. The molecule has 0 unspecified atom stereocenters. The van der Waals surface area contributed by atoms with Gasteiger partial charge in [0.05, 0.1) is 33.3 Å². The maximum Gasteiger partial charge on any atom is 0.136 e. The Labute approximate surface area is 155 Å². The number of nitriles is 2. The Morgan fingerprint density at radius 2 is 1.72 bits per heavy atom. The molecular weight excluding hydrogens is 355 g/mol. The lowest BCUT2D eigenvalue weighted by Crippen LogP contribution is -1.82. The molecule has 0 bridgehead atoms. The van der Waals surface area contributed by atoms with E-state index in [1.54, 1.807) is 54.6 Å². The van der Waals surface area contributed by atoms with Crippen molar-refractivity contribution in [2.75, 3.05) is 0 Å². The van der Waals surface area contributed by atoms with Crippen LogP contribution in [0.15, 0.2) is 59.0 Å². The molecule has 1 aromatic heterocycles. The molecule has 0 aliphatic rings. The molecule has 0 saturated carbocycles. The van der Waals surface area contributed by atoms with Gasteiger partial charge in [-0.05, 0) is 48.0 Å². The number of allylic oxidation sites excluding steroid dienone is 1. The molecule has 0 aliphatic heterocycles. The molecule has 3 nitrogen and oxygen atoms in total. The number of rotatable bonds is 3. The number of furan rings is 1. The van der Waals surface area contributed by atoms with Crippen LogP contribution in [0.4, 0.5) is 0 Å². The van der Waals surface area contributed by atoms with Gasteiger partial charge in [-0.2, -0.15) is 10.5 Å². The summed E-state index contributed by atoms with van der Waals surface area (Å²) in [6.07, 6.45) is 1.64. The second kappa shape index (κ2) is 7.28. The van der Waals surface area contributed by atoms with Crippen molar-refractivity contribution in [1.82, 2.24) is 0 Å². The minimum atomic E-state index is 0.418. The molecular formula is C20H10Cl2N2O. The maximum atomic E-state index is 9.41. The first-order chi connectivity index (χ1) is 12.1. The van der Waals surface area contributed by atoms with Gasteiger partial charge >= 0.3 is 0 Å². The van der Waals surface area contributed by atoms with E-state index in [1.807, 2.05) is 12.1 Å². The quantitative estimate of drug-likeness (QED) is 0.520. The SMILES string of the molecule is N#CC(=Cc1ccc(-c2cccc(Cl)c2Cl)o1)c1ccc(C#N)cc1. The molecule has 0 saturated heterocycles. The zero-order valence-electron chi connectivity index (χ0n) is 12.8. The maximum absolute atomic E-state index is 9.41. The summed E-state index contributed by atoms with van der Waals surface area (Å²) in [6.45, 7) is 0. The number of hydrogen-bond donors (Lipinski definition) is 0. The summed E-state index contributed by atoms with van der Waals surface area (Å²) < 4.78 is 5.78. The monoisotopic (exact) mass is 364 g/mol. The molecule has 0 N–H and O–H groups in total. The van der Waals surface area contributed by atoms with E-state index in [9.17, 15) is 5.26 Å². The highest BCUT2D eigenvalue weighted by molar-refractivity contribution is 6.43. The van der Waals surface area contributed by atoms with Crippen molar-refractivity contribution in [3.63, 3.8) is 0 Å². The van der Waals surface area contributed by atoms with Gasteiger partial charge in [0.25, 0.3) is 0 Å². The predicted molar refractivity (Wildman–Crippen MR) is 98.8 cm³/mol. The molecule has 0 atom stereocenters. The Morgan fingerprint density at radius 3 is 2.40 bits per heavy atom. The Morgan fingerprint density at radius 1 is 0.960 bits per heavy atom. The first kappa shape index (κ1) is 16.9. The molecule has 0 fully saturated rings. The summed E-state index contributed by atoms with van der Waals surface area (Å²) in [7, 11) is 0. The molecule has 5 heteroatoms. The molecule has 3 rings (SSSR count). The van der Waals surface area contributed by atoms with Crippen LogP contribution in [0.3, 0.4) is 0 Å². The topological polar surface area (TPSA) is 60.7 Å². The van der Waals surface area contributed by atoms with Crippen molar-refractivity contribution in [1.29, 1.82) is 10.5 Å². The highest BCUT2D eigenvalue weighted by Gasteiger charge is 2.11. The van der Waals surface area contributed by atoms with Crippen molar-refractivity contribution >= 4 is 34.9 Å². The van der Waals surface area contributed by atoms with Crippen molar-refractivity contribution in [2.24, 2.45) is 0 Å². The summed E-state index contributed by atoms with van der Waals surface area (Å²) in [6, 6.07) is 19.8. The minimum Gasteiger partial charge on any atom is -0.457 e. The van der Waals surface area contributed by atoms with Crippen molar-refractivity contribution in [3.8, 4) is 23.5 Å². The fourth-order valence-corrected chi connectivity index (χ4v) is 2.71. The average Bonchev–Trinajstić information content (AvgIpc) is 3.10. The van der Waals surface area contributed by atoms with Crippen LogP contribution in [0.1, 0.15) is 16.9 Å². The minimum absolute atomic E-state index is 0.418. The molecule has 3 aromatic rings. The average molecular weight is 365 g/mol. The molecule has 2 aromatic carbocycles. The Bertz CT molecular complexity index is 1030. The van der Waals surface area contributed by atoms with Gasteiger partial charge in [0.2, 0.25) is 0 Å². The summed E-state index contributed by atoms with van der Waals surface area (Å²) in [5.74, 6) is 1.09. The van der Waals surface area contributed by atoms with E-state index in [4.69, 9.17) is 32.9 Å². The first-order valence-electron chi connectivity index (χ1n) is 7.29. The van der Waals surface area contributed by atoms with E-state index in [1.165, 1.54) is 0 Å². The summed E-state index contributed by atoms with van der Waals surface area (Å²) in [5.41, 5.74) is 2.37. The number of benzene rings is 2. The van der Waals surface area contributed by atoms with E-state index in [-0.39, 0.29) is 0 Å². The van der Waals surface area contributed by atoms with Gasteiger partial charge in [0.15, 0.2) is 0 Å². The Hall–Kier alpha value is -2.98. The fraction of sp³-hybridized carbons (Fsp3) is 0. The van der Waals surface area contributed by atoms with Gasteiger partial charge in [-0.1, -0.05) is 41.4 Å². The molecule has 0 radical (unpaired) electrons. The van der Waals surface area contributed by atoms with Gasteiger partial charge in [0, 0.05) is 5.56 Å². The summed E-state index contributed by atoms with van der Waals surface area (Å²) in [4.78, 5) is 0. The largest absolute Gasteiger partial charge is 0.457 e. The lowest BCUT2D eigenvalue weighted by Gasteiger charge is -2.02. The number of nitrogens with zero attached hydrogens (tertiary/aromatic N) is 2. The van der Waals surface area contributed by atoms with Gasteiger partial charge in [0.1, 0.15) is 11.5 Å². The van der Waals surface area contributed by atoms with Crippen LogP contribution in [0, 0.1) is 22.7 Å². The summed E-state index contributed by atoms with van der Waals surface area (Å²) >= 11 is 12.2. The molecule has 0 spiro atoms. The van der Waals surface area contributed by atoms with Crippen molar-refractivity contribution in [3.05, 3.63) is 81.5 Å². The second-order valence-electron chi connectivity index (χ2n) is 5.16. The van der Waals surface area contributed by atoms with E-state index in [0.717, 1.165) is 0 Å². The lowest BCUT2D eigenvalue weighted by molar-refractivity contribution is 0.572. The van der Waals surface area contributed by atoms with Gasteiger partial charge in [-0.15, -0.1) is 0 Å². The van der Waals surface area contributed by atoms with E-state index >= 15 is 0 Å². The molecule has 120 valence electrons. The van der Waals surface area contributed by atoms with Crippen LogP contribution in [-0.4, -0.2) is 0 Å². The smallest absolute Gasteiger partial charge is 0.136 e. The van der Waals surface area contributed by atoms with Crippen LogP contribution in [0.2, 0.25) is 10.0 Å². The van der Waals surface area contributed by atoms with Crippen molar-refractivity contribution in [2.45, 2.75) is 0 Å². The Kier molecular flexibility index (Phi) is 4.91. The molecule has 1 heterocycles.